The van der Waals surface area contributed by atoms with Crippen LogP contribution in [0.4, 0.5) is 0 Å². The zero-order valence-corrected chi connectivity index (χ0v) is 14.5. The summed E-state index contributed by atoms with van der Waals surface area (Å²) in [5.74, 6) is 6.19. The van der Waals surface area contributed by atoms with E-state index in [0.29, 0.717) is 24.3 Å². The molecule has 0 radical (unpaired) electrons. The molecule has 1 aromatic carbocycles. The number of nitrogens with two attached hydrogens (primary N) is 2. The van der Waals surface area contributed by atoms with E-state index in [9.17, 15) is 9.90 Å². The molecule has 8 nitrogen and oxygen atoms in total. The van der Waals surface area contributed by atoms with Gasteiger partial charge >= 0.3 is 0 Å². The van der Waals surface area contributed by atoms with E-state index in [-0.39, 0.29) is 23.7 Å². The fourth-order valence-electron chi connectivity index (χ4n) is 2.71. The Labute approximate surface area is 151 Å². The van der Waals surface area contributed by atoms with Gasteiger partial charge in [-0.2, -0.15) is 0 Å². The Hall–Kier alpha value is -2.84. The SMILES string of the molecule is CC(O)/C(N)=C/N(N)[C@H]1C[C@@H](NC(=O)c2cc(-c3ccccc3)on2)C1. The highest BCUT2D eigenvalue weighted by molar-refractivity contribution is 5.93. The maximum absolute atomic E-state index is 12.3. The molecule has 1 heterocycles. The van der Waals surface area contributed by atoms with E-state index in [1.54, 1.807) is 13.0 Å². The summed E-state index contributed by atoms with van der Waals surface area (Å²) in [5.41, 5.74) is 7.09. The number of aliphatic hydroxyl groups is 1. The van der Waals surface area contributed by atoms with Crippen LogP contribution >= 0.6 is 0 Å². The number of hydrazine groups is 1. The van der Waals surface area contributed by atoms with E-state index in [4.69, 9.17) is 16.1 Å². The van der Waals surface area contributed by atoms with Gasteiger partial charge in [-0.3, -0.25) is 4.79 Å². The Bertz CT molecular complexity index is 781. The predicted octanol–water partition coefficient (Wildman–Crippen LogP) is 0.959. The number of amides is 1. The van der Waals surface area contributed by atoms with Crippen molar-refractivity contribution in [3.8, 4) is 11.3 Å². The first-order chi connectivity index (χ1) is 12.4. The molecule has 1 saturated carbocycles. The molecule has 138 valence electrons. The van der Waals surface area contributed by atoms with Gasteiger partial charge in [0.1, 0.15) is 0 Å². The molecule has 1 fully saturated rings. The van der Waals surface area contributed by atoms with E-state index < -0.39 is 6.10 Å². The van der Waals surface area contributed by atoms with Crippen molar-refractivity contribution in [1.29, 1.82) is 0 Å². The van der Waals surface area contributed by atoms with Gasteiger partial charge in [0.2, 0.25) is 0 Å². The number of nitrogens with zero attached hydrogens (tertiary/aromatic N) is 2. The number of rotatable bonds is 6. The third-order valence-corrected chi connectivity index (χ3v) is 4.45. The zero-order chi connectivity index (χ0) is 18.7. The van der Waals surface area contributed by atoms with Crippen LogP contribution in [0.5, 0.6) is 0 Å². The third kappa shape index (κ3) is 4.04. The fraction of sp³-hybridized carbons (Fsp3) is 0.333. The van der Waals surface area contributed by atoms with Crippen molar-refractivity contribution in [3.05, 3.63) is 54.0 Å². The van der Waals surface area contributed by atoms with Crippen molar-refractivity contribution in [2.45, 2.75) is 38.0 Å². The topological polar surface area (TPSA) is 131 Å². The van der Waals surface area contributed by atoms with Gasteiger partial charge < -0.3 is 25.7 Å². The van der Waals surface area contributed by atoms with Crippen molar-refractivity contribution >= 4 is 5.91 Å². The molecule has 1 aromatic heterocycles. The standard InChI is InChI=1S/C18H23N5O3/c1-11(24)15(19)10-23(20)14-7-13(8-14)21-18(25)16-9-17(26-22-16)12-5-3-2-4-6-12/h2-6,9-11,13-14,24H,7-8,19-20H2,1H3,(H,21,25)/b15-10-/t11?,13-,14+. The molecule has 2 aromatic rings. The maximum Gasteiger partial charge on any atom is 0.273 e. The van der Waals surface area contributed by atoms with Crippen LogP contribution in [0.15, 0.2) is 52.8 Å². The van der Waals surface area contributed by atoms with Crippen molar-refractivity contribution in [1.82, 2.24) is 15.5 Å². The van der Waals surface area contributed by atoms with Gasteiger partial charge in [0, 0.05) is 29.9 Å². The molecule has 1 amide bonds. The minimum atomic E-state index is -0.748. The number of hydrogen-bond donors (Lipinski definition) is 4. The van der Waals surface area contributed by atoms with Crippen LogP contribution in [0.1, 0.15) is 30.3 Å². The second-order valence-electron chi connectivity index (χ2n) is 6.49. The first-order valence-electron chi connectivity index (χ1n) is 8.45. The van der Waals surface area contributed by atoms with Crippen molar-refractivity contribution in [3.63, 3.8) is 0 Å². The van der Waals surface area contributed by atoms with E-state index in [2.05, 4.69) is 10.5 Å². The molecule has 8 heteroatoms. The lowest BCUT2D eigenvalue weighted by atomic mass is 9.86. The number of hydrogen-bond acceptors (Lipinski definition) is 7. The minimum Gasteiger partial charge on any atom is -0.399 e. The van der Waals surface area contributed by atoms with Gasteiger partial charge in [0.25, 0.3) is 5.91 Å². The summed E-state index contributed by atoms with van der Waals surface area (Å²) < 4.78 is 5.25. The molecular formula is C18H23N5O3. The molecule has 0 bridgehead atoms. The van der Waals surface area contributed by atoms with Gasteiger partial charge in [-0.25, -0.2) is 5.84 Å². The lowest BCUT2D eigenvalue weighted by Gasteiger charge is -2.40. The smallest absolute Gasteiger partial charge is 0.273 e. The summed E-state index contributed by atoms with van der Waals surface area (Å²) in [6, 6.07) is 11.2. The first-order valence-corrected chi connectivity index (χ1v) is 8.45. The van der Waals surface area contributed by atoms with Crippen LogP contribution in [0.25, 0.3) is 11.3 Å². The number of carbonyl (C=O) groups is 1. The Balaban J connectivity index is 1.52. The fourth-order valence-corrected chi connectivity index (χ4v) is 2.71. The summed E-state index contributed by atoms with van der Waals surface area (Å²) in [6.07, 6.45) is 2.16. The average Bonchev–Trinajstić information content (AvgIpc) is 3.08. The van der Waals surface area contributed by atoms with E-state index in [0.717, 1.165) is 5.56 Å². The Morgan fingerprint density at radius 3 is 2.77 bits per heavy atom. The molecule has 1 aliphatic carbocycles. The van der Waals surface area contributed by atoms with E-state index in [1.165, 1.54) is 11.2 Å². The summed E-state index contributed by atoms with van der Waals surface area (Å²) in [6.45, 7) is 1.57. The van der Waals surface area contributed by atoms with Gasteiger partial charge in [0.15, 0.2) is 11.5 Å². The number of aliphatic hydroxyl groups excluding tert-OH is 1. The number of aromatic nitrogens is 1. The summed E-state index contributed by atoms with van der Waals surface area (Å²) in [5, 5.41) is 17.6. The second kappa shape index (κ2) is 7.59. The number of benzene rings is 1. The second-order valence-corrected chi connectivity index (χ2v) is 6.49. The van der Waals surface area contributed by atoms with Crippen molar-refractivity contribution in [2.24, 2.45) is 11.6 Å². The highest BCUT2D eigenvalue weighted by atomic mass is 16.5. The zero-order valence-electron chi connectivity index (χ0n) is 14.5. The molecule has 1 atom stereocenters. The molecule has 0 saturated heterocycles. The third-order valence-electron chi connectivity index (χ3n) is 4.45. The highest BCUT2D eigenvalue weighted by Crippen LogP contribution is 2.25. The lowest BCUT2D eigenvalue weighted by molar-refractivity contribution is 0.0838. The normalized spacial score (nSPS) is 21.0. The average molecular weight is 357 g/mol. The summed E-state index contributed by atoms with van der Waals surface area (Å²) in [4.78, 5) is 12.3. The largest absolute Gasteiger partial charge is 0.399 e. The minimum absolute atomic E-state index is 0.0107. The van der Waals surface area contributed by atoms with Crippen LogP contribution in [0, 0.1) is 0 Å². The molecule has 0 aliphatic heterocycles. The molecule has 3 rings (SSSR count). The van der Waals surface area contributed by atoms with Crippen molar-refractivity contribution in [2.75, 3.05) is 0 Å². The Kier molecular flexibility index (Phi) is 5.24. The first kappa shape index (κ1) is 18.0. The number of carbonyl (C=O) groups excluding carboxylic acids is 1. The monoisotopic (exact) mass is 357 g/mol. The highest BCUT2D eigenvalue weighted by Gasteiger charge is 2.33. The molecule has 1 aliphatic rings. The van der Waals surface area contributed by atoms with Crippen molar-refractivity contribution < 1.29 is 14.4 Å². The van der Waals surface area contributed by atoms with E-state index in [1.807, 2.05) is 30.3 Å². The van der Waals surface area contributed by atoms with Crippen LogP contribution in [0.2, 0.25) is 0 Å². The van der Waals surface area contributed by atoms with Gasteiger partial charge in [0.05, 0.1) is 11.8 Å². The molecule has 1 unspecified atom stereocenters. The van der Waals surface area contributed by atoms with Gasteiger partial charge in [-0.15, -0.1) is 0 Å². The van der Waals surface area contributed by atoms with Gasteiger partial charge in [-0.1, -0.05) is 35.5 Å². The van der Waals surface area contributed by atoms with Crippen LogP contribution < -0.4 is 16.9 Å². The van der Waals surface area contributed by atoms with Crippen LogP contribution in [0.3, 0.4) is 0 Å². The molecule has 26 heavy (non-hydrogen) atoms. The maximum atomic E-state index is 12.3. The predicted molar refractivity (Wildman–Crippen MR) is 96.2 cm³/mol. The number of nitrogens with one attached hydrogen (secondary N) is 1. The molecule has 6 N–H and O–H groups in total. The van der Waals surface area contributed by atoms with E-state index >= 15 is 0 Å². The summed E-state index contributed by atoms with van der Waals surface area (Å²) in [7, 11) is 0. The Morgan fingerprint density at radius 2 is 2.12 bits per heavy atom. The van der Waals surface area contributed by atoms with Crippen LogP contribution in [-0.2, 0) is 0 Å². The summed E-state index contributed by atoms with van der Waals surface area (Å²) >= 11 is 0. The van der Waals surface area contributed by atoms with Gasteiger partial charge in [-0.05, 0) is 19.8 Å². The van der Waals surface area contributed by atoms with Crippen LogP contribution in [-0.4, -0.2) is 39.4 Å². The molecular weight excluding hydrogens is 334 g/mol. The molecule has 0 spiro atoms. The lowest BCUT2D eigenvalue weighted by Crippen LogP contribution is -2.54. The quantitative estimate of drug-likeness (QED) is 0.447. The Morgan fingerprint density at radius 1 is 1.42 bits per heavy atom.